The second-order valence-corrected chi connectivity index (χ2v) is 15.3. The van der Waals surface area contributed by atoms with Crippen molar-refractivity contribution in [3.8, 4) is 0 Å². The third-order valence-electron chi connectivity index (χ3n) is 11.2. The molecule has 0 saturated carbocycles. The number of rotatable bonds is 2. The minimum Gasteiger partial charge on any atom is -0.375 e. The van der Waals surface area contributed by atoms with Crippen LogP contribution in [0, 0.1) is 0 Å². The molecule has 234 valence electrons. The Bertz CT molecular complexity index is 2890. The van der Waals surface area contributed by atoms with Gasteiger partial charge in [0.05, 0.1) is 22.8 Å². The van der Waals surface area contributed by atoms with Crippen molar-refractivity contribution in [1.82, 2.24) is 15.2 Å². The van der Waals surface area contributed by atoms with Crippen molar-refractivity contribution in [2.75, 3.05) is 0 Å². The van der Waals surface area contributed by atoms with Gasteiger partial charge in [0.25, 0.3) is 0 Å². The van der Waals surface area contributed by atoms with Crippen LogP contribution >= 0.6 is 11.3 Å². The van der Waals surface area contributed by atoms with E-state index in [9.17, 15) is 0 Å². The molecular formula is C45H33N3S. The maximum Gasteiger partial charge on any atom is 0.129 e. The van der Waals surface area contributed by atoms with Gasteiger partial charge in [0, 0.05) is 53.0 Å². The van der Waals surface area contributed by atoms with Gasteiger partial charge in [-0.15, -0.1) is 11.3 Å². The number of fused-ring (bicyclic) bond motifs is 11. The summed E-state index contributed by atoms with van der Waals surface area (Å²) in [4.78, 5) is 0. The Morgan fingerprint density at radius 3 is 2.14 bits per heavy atom. The quantitative estimate of drug-likeness (QED) is 0.195. The summed E-state index contributed by atoms with van der Waals surface area (Å²) in [6.07, 6.45) is -0.112. The van der Waals surface area contributed by atoms with Gasteiger partial charge in [0.1, 0.15) is 6.17 Å². The van der Waals surface area contributed by atoms with E-state index in [1.54, 1.807) is 0 Å². The molecule has 2 aromatic heterocycles. The summed E-state index contributed by atoms with van der Waals surface area (Å²) in [5, 5.41) is 18.7. The summed E-state index contributed by atoms with van der Waals surface area (Å²) in [6, 6.07) is 51.8. The monoisotopic (exact) mass is 647 g/mol. The smallest absolute Gasteiger partial charge is 0.129 e. The Morgan fingerprint density at radius 2 is 1.27 bits per heavy atom. The number of nitrogens with one attached hydrogen (secondary N) is 2. The van der Waals surface area contributed by atoms with Crippen LogP contribution in [0.25, 0.3) is 69.2 Å². The van der Waals surface area contributed by atoms with Crippen molar-refractivity contribution in [2.45, 2.75) is 31.5 Å². The lowest BCUT2D eigenvalue weighted by atomic mass is 9.84. The maximum absolute atomic E-state index is 4.23. The second kappa shape index (κ2) is 9.74. The van der Waals surface area contributed by atoms with Gasteiger partial charge in [-0.1, -0.05) is 129 Å². The molecule has 0 amide bonds. The highest BCUT2D eigenvalue weighted by Crippen LogP contribution is 2.51. The molecule has 1 aliphatic carbocycles. The number of benzene rings is 7. The molecule has 3 nitrogen and oxygen atoms in total. The zero-order valence-corrected chi connectivity index (χ0v) is 28.1. The minimum absolute atomic E-state index is 0.0359. The Balaban J connectivity index is 1.23. The van der Waals surface area contributed by atoms with Crippen LogP contribution in [0.15, 0.2) is 145 Å². The first-order valence-corrected chi connectivity index (χ1v) is 18.0. The summed E-state index contributed by atoms with van der Waals surface area (Å²) in [5.41, 5.74) is 8.76. The average Bonchev–Trinajstić information content (AvgIpc) is 3.75. The highest BCUT2D eigenvalue weighted by molar-refractivity contribution is 7.25. The van der Waals surface area contributed by atoms with Gasteiger partial charge < -0.3 is 15.2 Å². The lowest BCUT2D eigenvalue weighted by molar-refractivity contribution is 0.330. The van der Waals surface area contributed by atoms with E-state index in [-0.39, 0.29) is 17.6 Å². The van der Waals surface area contributed by atoms with E-state index in [1.807, 2.05) is 11.3 Å². The summed E-state index contributed by atoms with van der Waals surface area (Å²) < 4.78 is 5.27. The van der Waals surface area contributed by atoms with E-state index < -0.39 is 0 Å². The molecule has 3 heterocycles. The predicted octanol–water partition coefficient (Wildman–Crippen LogP) is 11.6. The van der Waals surface area contributed by atoms with Crippen molar-refractivity contribution in [3.05, 3.63) is 162 Å². The molecule has 0 radical (unpaired) electrons. The molecule has 1 aliphatic heterocycles. The summed E-state index contributed by atoms with van der Waals surface area (Å²) in [6.45, 7) is 4.71. The molecule has 7 aromatic carbocycles. The normalized spacial score (nSPS) is 18.4. The van der Waals surface area contributed by atoms with Crippen molar-refractivity contribution in [3.63, 3.8) is 0 Å². The van der Waals surface area contributed by atoms with E-state index in [1.165, 1.54) is 91.6 Å². The third kappa shape index (κ3) is 3.72. The molecule has 11 rings (SSSR count). The lowest BCUT2D eigenvalue weighted by Crippen LogP contribution is -2.45. The molecule has 9 aromatic rings. The maximum atomic E-state index is 4.23. The topological polar surface area (TPSA) is 29.0 Å². The fourth-order valence-corrected chi connectivity index (χ4v) is 10.1. The van der Waals surface area contributed by atoms with Crippen LogP contribution < -0.4 is 10.6 Å². The molecule has 0 fully saturated rings. The van der Waals surface area contributed by atoms with Gasteiger partial charge in [-0.2, -0.15) is 0 Å². The van der Waals surface area contributed by atoms with Gasteiger partial charge in [-0.3, -0.25) is 0 Å². The summed E-state index contributed by atoms with van der Waals surface area (Å²) in [7, 11) is 0. The van der Waals surface area contributed by atoms with Crippen LogP contribution in [-0.2, 0) is 5.41 Å². The number of hydrogen-bond donors (Lipinski definition) is 2. The van der Waals surface area contributed by atoms with E-state index in [4.69, 9.17) is 0 Å². The fraction of sp³-hybridized carbons (Fsp3) is 0.111. The van der Waals surface area contributed by atoms with Crippen molar-refractivity contribution in [1.29, 1.82) is 0 Å². The van der Waals surface area contributed by atoms with Crippen molar-refractivity contribution >= 4 is 80.6 Å². The number of allylic oxidation sites excluding steroid dienone is 1. The molecule has 2 N–H and O–H groups in total. The van der Waals surface area contributed by atoms with E-state index in [0.717, 1.165) is 0 Å². The van der Waals surface area contributed by atoms with Gasteiger partial charge in [0.2, 0.25) is 0 Å². The molecule has 49 heavy (non-hydrogen) atoms. The molecule has 2 aliphatic rings. The van der Waals surface area contributed by atoms with Crippen LogP contribution in [0.1, 0.15) is 42.7 Å². The summed E-state index contributed by atoms with van der Waals surface area (Å²) in [5.74, 6) is 0. The first kappa shape index (κ1) is 27.4. The Morgan fingerprint density at radius 1 is 0.571 bits per heavy atom. The first-order valence-electron chi connectivity index (χ1n) is 17.2. The second-order valence-electron chi connectivity index (χ2n) is 14.3. The standard InChI is InChI=1S/C45H33N3S/c1-45(2)36-17-9-7-16-34(36)41-43(45)46-40(29-20-21-32-31-15-8-10-18-38(31)49-39(32)25-29)44(47-41)48-37-24-28-13-4-3-12-27(28)23-35(37)33-22-19-26-11-5-6-14-30(26)42(33)48/h3-25,40,44,46-47H,1-2H3. The number of hydrogen-bond acceptors (Lipinski definition) is 3. The van der Waals surface area contributed by atoms with Crippen molar-refractivity contribution < 1.29 is 0 Å². The molecule has 2 atom stereocenters. The highest BCUT2D eigenvalue weighted by atomic mass is 32.1. The van der Waals surface area contributed by atoms with Gasteiger partial charge in [-0.25, -0.2) is 0 Å². The lowest BCUT2D eigenvalue weighted by Gasteiger charge is -2.40. The fourth-order valence-electron chi connectivity index (χ4n) is 8.90. The molecule has 0 spiro atoms. The largest absolute Gasteiger partial charge is 0.375 e. The van der Waals surface area contributed by atoms with Gasteiger partial charge in [-0.05, 0) is 51.6 Å². The number of nitrogens with zero attached hydrogens (tertiary/aromatic N) is 1. The average molecular weight is 648 g/mol. The van der Waals surface area contributed by atoms with E-state index >= 15 is 0 Å². The zero-order valence-electron chi connectivity index (χ0n) is 27.3. The molecule has 0 saturated heterocycles. The van der Waals surface area contributed by atoms with Crippen LogP contribution in [0.2, 0.25) is 0 Å². The zero-order chi connectivity index (χ0) is 32.4. The van der Waals surface area contributed by atoms with Crippen LogP contribution in [0.3, 0.4) is 0 Å². The van der Waals surface area contributed by atoms with Crippen LogP contribution in [0.5, 0.6) is 0 Å². The van der Waals surface area contributed by atoms with Gasteiger partial charge in [0.15, 0.2) is 0 Å². The van der Waals surface area contributed by atoms with Crippen molar-refractivity contribution in [2.24, 2.45) is 0 Å². The minimum atomic E-state index is -0.159. The van der Waals surface area contributed by atoms with E-state index in [0.29, 0.717) is 0 Å². The van der Waals surface area contributed by atoms with Crippen LogP contribution in [-0.4, -0.2) is 4.57 Å². The predicted molar refractivity (Wildman–Crippen MR) is 208 cm³/mol. The Hall–Kier alpha value is -5.58. The first-order chi connectivity index (χ1) is 24.0. The molecule has 4 heteroatoms. The SMILES string of the molecule is CC1(C)C2=C(NC(n3c4cc5ccccc5cc4c4ccc5ccccc5c43)C(c3ccc4c(c3)sc3ccccc34)N2)c2ccccc21. The van der Waals surface area contributed by atoms with Crippen LogP contribution in [0.4, 0.5) is 0 Å². The third-order valence-corrected chi connectivity index (χ3v) is 12.4. The molecule has 0 bridgehead atoms. The number of aromatic nitrogens is 1. The highest BCUT2D eigenvalue weighted by Gasteiger charge is 2.45. The molecule has 2 unspecified atom stereocenters. The number of thiophene rings is 1. The summed E-state index contributed by atoms with van der Waals surface area (Å²) >= 11 is 1.89. The Labute approximate surface area is 288 Å². The van der Waals surface area contributed by atoms with Gasteiger partial charge >= 0.3 is 0 Å². The molecular weight excluding hydrogens is 615 g/mol. The van der Waals surface area contributed by atoms with E-state index in [2.05, 4.69) is 169 Å². The Kier molecular flexibility index (Phi) is 5.44.